The van der Waals surface area contributed by atoms with Crippen molar-refractivity contribution in [3.05, 3.63) is 27.5 Å². The maximum atomic E-state index is 5.84. The van der Waals surface area contributed by atoms with Crippen LogP contribution in [0.25, 0.3) is 0 Å². The minimum absolute atomic E-state index is 0.574. The molecule has 2 heterocycles. The number of pyridine rings is 1. The summed E-state index contributed by atoms with van der Waals surface area (Å²) in [6.45, 7) is 2.13. The first-order valence-corrected chi connectivity index (χ1v) is 5.46. The molecule has 2 rings (SSSR count). The summed E-state index contributed by atoms with van der Waals surface area (Å²) in [5.74, 6) is 0.579. The molecule has 0 amide bonds. The molecule has 13 heavy (non-hydrogen) atoms. The topological polar surface area (TPSA) is 24.9 Å². The van der Waals surface area contributed by atoms with E-state index in [0.29, 0.717) is 11.1 Å². The molecule has 1 N–H and O–H groups in total. The van der Waals surface area contributed by atoms with Gasteiger partial charge >= 0.3 is 0 Å². The van der Waals surface area contributed by atoms with Crippen molar-refractivity contribution in [3.8, 4) is 0 Å². The lowest BCUT2D eigenvalue weighted by Gasteiger charge is -2.10. The Morgan fingerprint density at radius 2 is 2.46 bits per heavy atom. The summed E-state index contributed by atoms with van der Waals surface area (Å²) in [5, 5.41) is 3.91. The van der Waals surface area contributed by atoms with Crippen LogP contribution in [0.2, 0.25) is 5.15 Å². The summed E-state index contributed by atoms with van der Waals surface area (Å²) in [6, 6.07) is 1.95. The minimum Gasteiger partial charge on any atom is -0.316 e. The van der Waals surface area contributed by atoms with Crippen molar-refractivity contribution in [1.29, 1.82) is 0 Å². The molecule has 0 aromatic carbocycles. The molecule has 0 aliphatic carbocycles. The van der Waals surface area contributed by atoms with Gasteiger partial charge in [-0.2, -0.15) is 0 Å². The zero-order chi connectivity index (χ0) is 9.26. The highest BCUT2D eigenvalue weighted by Crippen LogP contribution is 2.30. The van der Waals surface area contributed by atoms with E-state index in [1.807, 2.05) is 6.07 Å². The zero-order valence-electron chi connectivity index (χ0n) is 7.06. The Morgan fingerprint density at radius 3 is 3.15 bits per heavy atom. The number of rotatable bonds is 1. The van der Waals surface area contributed by atoms with Gasteiger partial charge in [-0.1, -0.05) is 11.6 Å². The van der Waals surface area contributed by atoms with Crippen molar-refractivity contribution in [3.63, 3.8) is 0 Å². The van der Waals surface area contributed by atoms with Gasteiger partial charge in [0.1, 0.15) is 5.15 Å². The first-order chi connectivity index (χ1) is 6.27. The largest absolute Gasteiger partial charge is 0.316 e. The Bertz CT molecular complexity index is 310. The van der Waals surface area contributed by atoms with Crippen LogP contribution in [0.4, 0.5) is 0 Å². The monoisotopic (exact) mass is 260 g/mol. The first-order valence-electron chi connectivity index (χ1n) is 4.29. The Kier molecular flexibility index (Phi) is 2.86. The Labute approximate surface area is 90.8 Å². The third-order valence-electron chi connectivity index (χ3n) is 2.35. The molecule has 1 aromatic heterocycles. The van der Waals surface area contributed by atoms with Crippen molar-refractivity contribution in [2.45, 2.75) is 12.3 Å². The van der Waals surface area contributed by atoms with E-state index in [-0.39, 0.29) is 0 Å². The second-order valence-electron chi connectivity index (χ2n) is 3.22. The van der Waals surface area contributed by atoms with E-state index < -0.39 is 0 Å². The predicted octanol–water partition coefficient (Wildman–Crippen LogP) is 2.57. The van der Waals surface area contributed by atoms with Gasteiger partial charge in [0.2, 0.25) is 0 Å². The normalized spacial score (nSPS) is 22.2. The van der Waals surface area contributed by atoms with Gasteiger partial charge in [0.15, 0.2) is 0 Å². The van der Waals surface area contributed by atoms with Crippen molar-refractivity contribution in [2.24, 2.45) is 0 Å². The van der Waals surface area contributed by atoms with E-state index in [0.717, 1.165) is 17.6 Å². The molecule has 1 fully saturated rings. The van der Waals surface area contributed by atoms with E-state index in [4.69, 9.17) is 11.6 Å². The molecular weight excluding hydrogens is 251 g/mol. The molecule has 1 saturated heterocycles. The van der Waals surface area contributed by atoms with E-state index >= 15 is 0 Å². The molecule has 1 aliphatic heterocycles. The van der Waals surface area contributed by atoms with Crippen LogP contribution in [-0.4, -0.2) is 18.1 Å². The standard InChI is InChI=1S/C9H10BrClN2/c10-8-5-13-9(11)3-7(8)6-1-2-12-4-6/h3,5-6,12H,1-2,4H2. The lowest BCUT2D eigenvalue weighted by molar-refractivity contribution is 0.757. The van der Waals surface area contributed by atoms with E-state index in [1.165, 1.54) is 12.0 Å². The van der Waals surface area contributed by atoms with Crippen LogP contribution in [0.15, 0.2) is 16.7 Å². The van der Waals surface area contributed by atoms with Crippen LogP contribution in [-0.2, 0) is 0 Å². The van der Waals surface area contributed by atoms with Crippen LogP contribution in [0.5, 0.6) is 0 Å². The lowest BCUT2D eigenvalue weighted by Crippen LogP contribution is -2.08. The average Bonchev–Trinajstić information content (AvgIpc) is 2.61. The summed E-state index contributed by atoms with van der Waals surface area (Å²) in [6.07, 6.45) is 2.95. The number of aromatic nitrogens is 1. The molecule has 0 spiro atoms. The summed E-state index contributed by atoms with van der Waals surface area (Å²) < 4.78 is 1.06. The quantitative estimate of drug-likeness (QED) is 0.786. The molecule has 0 saturated carbocycles. The van der Waals surface area contributed by atoms with Gasteiger partial charge in [-0.3, -0.25) is 0 Å². The number of halogens is 2. The molecule has 1 atom stereocenters. The van der Waals surface area contributed by atoms with Crippen molar-refractivity contribution >= 4 is 27.5 Å². The molecule has 1 aliphatic rings. The SMILES string of the molecule is Clc1cc(C2CCNC2)c(Br)cn1. The summed E-state index contributed by atoms with van der Waals surface area (Å²) in [5.41, 5.74) is 1.27. The smallest absolute Gasteiger partial charge is 0.129 e. The van der Waals surface area contributed by atoms with Gasteiger partial charge in [-0.15, -0.1) is 0 Å². The molecular formula is C9H10BrClN2. The lowest BCUT2D eigenvalue weighted by atomic mass is 10.00. The summed E-state index contributed by atoms with van der Waals surface area (Å²) in [7, 11) is 0. The zero-order valence-corrected chi connectivity index (χ0v) is 9.40. The van der Waals surface area contributed by atoms with Crippen LogP contribution in [0.3, 0.4) is 0 Å². The second kappa shape index (κ2) is 3.95. The molecule has 1 aromatic rings. The Balaban J connectivity index is 2.32. The second-order valence-corrected chi connectivity index (χ2v) is 4.46. The molecule has 70 valence electrons. The van der Waals surface area contributed by atoms with Crippen LogP contribution >= 0.6 is 27.5 Å². The van der Waals surface area contributed by atoms with E-state index in [9.17, 15) is 0 Å². The van der Waals surface area contributed by atoms with E-state index in [2.05, 4.69) is 26.2 Å². The maximum absolute atomic E-state index is 5.84. The Morgan fingerprint density at radius 1 is 1.62 bits per heavy atom. The van der Waals surface area contributed by atoms with Crippen LogP contribution in [0.1, 0.15) is 17.9 Å². The molecule has 0 bridgehead atoms. The van der Waals surface area contributed by atoms with Gasteiger partial charge in [0.05, 0.1) is 0 Å². The average molecular weight is 262 g/mol. The summed E-state index contributed by atoms with van der Waals surface area (Å²) >= 11 is 9.33. The van der Waals surface area contributed by atoms with Gasteiger partial charge in [-0.05, 0) is 46.4 Å². The highest BCUT2D eigenvalue weighted by Gasteiger charge is 2.19. The van der Waals surface area contributed by atoms with Crippen molar-refractivity contribution in [2.75, 3.05) is 13.1 Å². The van der Waals surface area contributed by atoms with Gasteiger partial charge in [0, 0.05) is 17.2 Å². The van der Waals surface area contributed by atoms with Crippen molar-refractivity contribution in [1.82, 2.24) is 10.3 Å². The van der Waals surface area contributed by atoms with Gasteiger partial charge in [0.25, 0.3) is 0 Å². The molecule has 4 heteroatoms. The fourth-order valence-corrected chi connectivity index (χ4v) is 2.37. The fraction of sp³-hybridized carbons (Fsp3) is 0.444. The number of hydrogen-bond donors (Lipinski definition) is 1. The van der Waals surface area contributed by atoms with Crippen molar-refractivity contribution < 1.29 is 0 Å². The first kappa shape index (κ1) is 9.44. The summed E-state index contributed by atoms with van der Waals surface area (Å²) in [4.78, 5) is 4.01. The van der Waals surface area contributed by atoms with Crippen LogP contribution < -0.4 is 5.32 Å². The molecule has 2 nitrogen and oxygen atoms in total. The maximum Gasteiger partial charge on any atom is 0.129 e. The Hall–Kier alpha value is -0.120. The fourth-order valence-electron chi connectivity index (χ4n) is 1.66. The number of hydrogen-bond acceptors (Lipinski definition) is 2. The van der Waals surface area contributed by atoms with Crippen LogP contribution in [0, 0.1) is 0 Å². The number of nitrogens with one attached hydrogen (secondary N) is 1. The van der Waals surface area contributed by atoms with Gasteiger partial charge < -0.3 is 5.32 Å². The third kappa shape index (κ3) is 2.03. The highest BCUT2D eigenvalue weighted by molar-refractivity contribution is 9.10. The van der Waals surface area contributed by atoms with Gasteiger partial charge in [-0.25, -0.2) is 4.98 Å². The molecule has 0 radical (unpaired) electrons. The number of nitrogens with zero attached hydrogens (tertiary/aromatic N) is 1. The third-order valence-corrected chi connectivity index (χ3v) is 3.22. The van der Waals surface area contributed by atoms with E-state index in [1.54, 1.807) is 6.20 Å². The minimum atomic E-state index is 0.574. The highest BCUT2D eigenvalue weighted by atomic mass is 79.9. The molecule has 1 unspecified atom stereocenters. The predicted molar refractivity (Wildman–Crippen MR) is 57.2 cm³/mol.